The van der Waals surface area contributed by atoms with Gasteiger partial charge in [-0.1, -0.05) is 0 Å². The summed E-state index contributed by atoms with van der Waals surface area (Å²) in [5.41, 5.74) is 0. The lowest BCUT2D eigenvalue weighted by atomic mass is 10.3. The Labute approximate surface area is 106 Å². The van der Waals surface area contributed by atoms with E-state index in [0.29, 0.717) is 17.7 Å². The van der Waals surface area contributed by atoms with Crippen LogP contribution >= 0.6 is 23.5 Å². The quantitative estimate of drug-likeness (QED) is 0.750. The van der Waals surface area contributed by atoms with Gasteiger partial charge in [-0.15, -0.1) is 0 Å². The molecule has 0 aromatic carbocycles. The summed E-state index contributed by atoms with van der Waals surface area (Å²) in [4.78, 5) is 11.5. The molecule has 16 heavy (non-hydrogen) atoms. The molecule has 0 aromatic rings. The number of hydrogen-bond donors (Lipinski definition) is 2. The maximum absolute atomic E-state index is 11.5. The molecule has 1 amide bonds. The molecule has 2 N–H and O–H groups in total. The molecule has 0 spiro atoms. The fraction of sp³-hybridized carbons (Fsp3) is 0.909. The van der Waals surface area contributed by atoms with Crippen molar-refractivity contribution in [3.05, 3.63) is 0 Å². The van der Waals surface area contributed by atoms with Crippen LogP contribution in [0.2, 0.25) is 0 Å². The zero-order valence-corrected chi connectivity index (χ0v) is 11.2. The van der Waals surface area contributed by atoms with Crippen LogP contribution in [0, 0.1) is 0 Å². The normalized spacial score (nSPS) is 25.4. The molecule has 1 unspecified atom stereocenters. The van der Waals surface area contributed by atoms with Gasteiger partial charge in [0.1, 0.15) is 0 Å². The van der Waals surface area contributed by atoms with Gasteiger partial charge in [0.25, 0.3) is 0 Å². The Balaban J connectivity index is 1.48. The summed E-state index contributed by atoms with van der Waals surface area (Å²) in [7, 11) is 0. The lowest BCUT2D eigenvalue weighted by Crippen LogP contribution is -2.35. The van der Waals surface area contributed by atoms with E-state index in [9.17, 15) is 4.79 Å². The fourth-order valence-corrected chi connectivity index (χ4v) is 4.26. The predicted octanol–water partition coefficient (Wildman–Crippen LogP) is 1.09. The van der Waals surface area contributed by atoms with Gasteiger partial charge in [-0.05, 0) is 12.8 Å². The summed E-state index contributed by atoms with van der Waals surface area (Å²) < 4.78 is 0. The SMILES string of the molecule is O=C(CCNC1CC1)NCC1CSCCS1. The largest absolute Gasteiger partial charge is 0.355 e. The number of rotatable bonds is 6. The van der Waals surface area contributed by atoms with Gasteiger partial charge in [-0.25, -0.2) is 0 Å². The van der Waals surface area contributed by atoms with Crippen molar-refractivity contribution in [1.82, 2.24) is 10.6 Å². The highest BCUT2D eigenvalue weighted by molar-refractivity contribution is 8.06. The lowest BCUT2D eigenvalue weighted by molar-refractivity contribution is -0.120. The van der Waals surface area contributed by atoms with E-state index in [1.54, 1.807) is 0 Å². The van der Waals surface area contributed by atoms with Crippen molar-refractivity contribution >= 4 is 29.4 Å². The first kappa shape index (κ1) is 12.6. The van der Waals surface area contributed by atoms with Gasteiger partial charge in [0.05, 0.1) is 0 Å². The zero-order chi connectivity index (χ0) is 11.2. The Morgan fingerprint density at radius 1 is 1.31 bits per heavy atom. The van der Waals surface area contributed by atoms with Crippen molar-refractivity contribution in [2.75, 3.05) is 30.3 Å². The molecular formula is C11H20N2OS2. The first-order valence-corrected chi connectivity index (χ1v) is 8.24. The highest BCUT2D eigenvalue weighted by atomic mass is 32.2. The van der Waals surface area contributed by atoms with E-state index < -0.39 is 0 Å². The zero-order valence-electron chi connectivity index (χ0n) is 9.54. The molecule has 1 atom stereocenters. The molecule has 2 fully saturated rings. The smallest absolute Gasteiger partial charge is 0.221 e. The highest BCUT2D eigenvalue weighted by Gasteiger charge is 2.20. The van der Waals surface area contributed by atoms with Gasteiger partial charge >= 0.3 is 0 Å². The fourth-order valence-electron chi connectivity index (χ4n) is 1.65. The molecule has 0 aromatic heterocycles. The van der Waals surface area contributed by atoms with Crippen LogP contribution in [0.5, 0.6) is 0 Å². The molecule has 1 heterocycles. The second kappa shape index (κ2) is 6.77. The van der Waals surface area contributed by atoms with Crippen LogP contribution in [0.1, 0.15) is 19.3 Å². The third-order valence-corrected chi connectivity index (χ3v) is 5.62. The molecule has 1 aliphatic heterocycles. The second-order valence-corrected chi connectivity index (χ2v) is 6.91. The first-order chi connectivity index (χ1) is 7.84. The van der Waals surface area contributed by atoms with E-state index in [-0.39, 0.29) is 5.91 Å². The van der Waals surface area contributed by atoms with Crippen LogP contribution in [0.15, 0.2) is 0 Å². The Hall–Kier alpha value is 0.130. The van der Waals surface area contributed by atoms with Gasteiger partial charge in [0.15, 0.2) is 0 Å². The maximum Gasteiger partial charge on any atom is 0.221 e. The molecule has 2 rings (SSSR count). The van der Waals surface area contributed by atoms with Crippen molar-refractivity contribution in [2.24, 2.45) is 0 Å². The van der Waals surface area contributed by atoms with Crippen molar-refractivity contribution in [3.8, 4) is 0 Å². The van der Waals surface area contributed by atoms with E-state index >= 15 is 0 Å². The molecule has 2 aliphatic rings. The standard InChI is InChI=1S/C11H20N2OS2/c14-11(3-4-12-9-1-2-9)13-7-10-8-15-5-6-16-10/h9-10,12H,1-8H2,(H,13,14). The molecule has 3 nitrogen and oxygen atoms in total. The number of carbonyl (C=O) groups is 1. The van der Waals surface area contributed by atoms with Gasteiger partial charge in [-0.3, -0.25) is 4.79 Å². The summed E-state index contributed by atoms with van der Waals surface area (Å²) in [6.07, 6.45) is 3.20. The Bertz CT molecular complexity index is 228. The number of carbonyl (C=O) groups excluding carboxylic acids is 1. The summed E-state index contributed by atoms with van der Waals surface area (Å²) in [6.45, 7) is 1.68. The number of hydrogen-bond acceptors (Lipinski definition) is 4. The van der Waals surface area contributed by atoms with E-state index in [1.807, 2.05) is 23.5 Å². The van der Waals surface area contributed by atoms with Crippen molar-refractivity contribution < 1.29 is 4.79 Å². The summed E-state index contributed by atoms with van der Waals surface area (Å²) in [5, 5.41) is 7.01. The molecule has 1 saturated carbocycles. The molecule has 5 heteroatoms. The third kappa shape index (κ3) is 4.97. The first-order valence-electron chi connectivity index (χ1n) is 6.04. The molecule has 1 saturated heterocycles. The van der Waals surface area contributed by atoms with E-state index in [1.165, 1.54) is 30.1 Å². The predicted molar refractivity (Wildman–Crippen MR) is 72.2 cm³/mol. The molecular weight excluding hydrogens is 240 g/mol. The van der Waals surface area contributed by atoms with Crippen LogP contribution in [0.4, 0.5) is 0 Å². The maximum atomic E-state index is 11.5. The molecule has 0 radical (unpaired) electrons. The van der Waals surface area contributed by atoms with Crippen LogP contribution in [0.3, 0.4) is 0 Å². The van der Waals surface area contributed by atoms with Crippen LogP contribution in [0.25, 0.3) is 0 Å². The van der Waals surface area contributed by atoms with Crippen molar-refractivity contribution in [1.29, 1.82) is 0 Å². The minimum Gasteiger partial charge on any atom is -0.355 e. The van der Waals surface area contributed by atoms with Crippen molar-refractivity contribution in [2.45, 2.75) is 30.6 Å². The average molecular weight is 260 g/mol. The van der Waals surface area contributed by atoms with Gasteiger partial charge in [0, 0.05) is 48.1 Å². The highest BCUT2D eigenvalue weighted by Crippen LogP contribution is 2.23. The van der Waals surface area contributed by atoms with E-state index in [0.717, 1.165) is 13.1 Å². The number of nitrogens with one attached hydrogen (secondary N) is 2. The van der Waals surface area contributed by atoms with E-state index in [2.05, 4.69) is 10.6 Å². The Morgan fingerprint density at radius 3 is 2.88 bits per heavy atom. The summed E-state index contributed by atoms with van der Waals surface area (Å²) >= 11 is 3.99. The average Bonchev–Trinajstić information content (AvgIpc) is 3.12. The molecule has 92 valence electrons. The van der Waals surface area contributed by atoms with Crippen molar-refractivity contribution in [3.63, 3.8) is 0 Å². The molecule has 1 aliphatic carbocycles. The van der Waals surface area contributed by atoms with Crippen LogP contribution in [-0.2, 0) is 4.79 Å². The topological polar surface area (TPSA) is 41.1 Å². The van der Waals surface area contributed by atoms with Crippen LogP contribution in [-0.4, -0.2) is 47.5 Å². The Morgan fingerprint density at radius 2 is 2.19 bits per heavy atom. The third-order valence-electron chi connectivity index (χ3n) is 2.77. The van der Waals surface area contributed by atoms with Gasteiger partial charge < -0.3 is 10.6 Å². The monoisotopic (exact) mass is 260 g/mol. The van der Waals surface area contributed by atoms with Gasteiger partial charge in [0.2, 0.25) is 5.91 Å². The molecule has 0 bridgehead atoms. The minimum atomic E-state index is 0.198. The summed E-state index contributed by atoms with van der Waals surface area (Å²) in [5.74, 6) is 3.88. The summed E-state index contributed by atoms with van der Waals surface area (Å²) in [6, 6.07) is 0.707. The van der Waals surface area contributed by atoms with Crippen LogP contribution < -0.4 is 10.6 Å². The van der Waals surface area contributed by atoms with Gasteiger partial charge in [-0.2, -0.15) is 23.5 Å². The van der Waals surface area contributed by atoms with E-state index in [4.69, 9.17) is 0 Å². The number of amides is 1. The minimum absolute atomic E-state index is 0.198. The second-order valence-electron chi connectivity index (χ2n) is 4.35. The lowest BCUT2D eigenvalue weighted by Gasteiger charge is -2.21. The Kier molecular flexibility index (Phi) is 5.32. The number of thioether (sulfide) groups is 2.